The van der Waals surface area contributed by atoms with Crippen LogP contribution in [0.4, 0.5) is 0 Å². The highest BCUT2D eigenvalue weighted by Gasteiger charge is 2.21. The summed E-state index contributed by atoms with van der Waals surface area (Å²) in [6, 6.07) is 7.44. The Morgan fingerprint density at radius 1 is 1.28 bits per heavy atom. The second kappa shape index (κ2) is 6.54. The topological polar surface area (TPSA) is 81.8 Å². The van der Waals surface area contributed by atoms with E-state index in [1.54, 1.807) is 6.92 Å². The number of carbonyl (C=O) groups excluding carboxylic acids is 2. The largest absolute Gasteiger partial charge is 0.461 e. The van der Waals surface area contributed by atoms with Crippen LogP contribution in [0.5, 0.6) is 0 Å². The Morgan fingerprint density at radius 3 is 2.39 bits per heavy atom. The molecule has 0 spiro atoms. The van der Waals surface area contributed by atoms with Crippen LogP contribution in [-0.2, 0) is 20.7 Å². The first kappa shape index (κ1) is 13.9. The van der Waals surface area contributed by atoms with Crippen molar-refractivity contribution in [3.05, 3.63) is 35.4 Å². The lowest BCUT2D eigenvalue weighted by Crippen LogP contribution is -2.29. The van der Waals surface area contributed by atoms with Gasteiger partial charge in [0.2, 0.25) is 5.71 Å². The van der Waals surface area contributed by atoms with E-state index in [0.717, 1.165) is 11.1 Å². The lowest BCUT2D eigenvalue weighted by Gasteiger charge is -2.04. The lowest BCUT2D eigenvalue weighted by molar-refractivity contribution is -0.135. The summed E-state index contributed by atoms with van der Waals surface area (Å²) in [6.07, 6.45) is 0.0785. The van der Waals surface area contributed by atoms with Gasteiger partial charge < -0.3 is 10.6 Å². The molecule has 0 heterocycles. The van der Waals surface area contributed by atoms with Crippen molar-refractivity contribution >= 4 is 17.5 Å². The van der Waals surface area contributed by atoms with E-state index < -0.39 is 11.8 Å². The van der Waals surface area contributed by atoms with Gasteiger partial charge in [0, 0.05) is 6.42 Å². The third kappa shape index (κ3) is 3.69. The Labute approximate surface area is 106 Å². The fourth-order valence-electron chi connectivity index (χ4n) is 1.41. The molecule has 0 radical (unpaired) electrons. The normalized spacial score (nSPS) is 11.1. The first-order valence-corrected chi connectivity index (χ1v) is 5.62. The zero-order valence-corrected chi connectivity index (χ0v) is 10.5. The number of Topliss-reactive ketones (excluding diaryl/α,β-unsaturated/α-hetero) is 1. The molecule has 0 aliphatic carbocycles. The number of hydrogen-bond donors (Lipinski definition) is 1. The summed E-state index contributed by atoms with van der Waals surface area (Å²) < 4.78 is 4.70. The number of hydrazone groups is 1. The second-order valence-corrected chi connectivity index (χ2v) is 3.78. The van der Waals surface area contributed by atoms with Crippen LogP contribution in [0.1, 0.15) is 18.1 Å². The molecule has 0 aliphatic heterocycles. The van der Waals surface area contributed by atoms with Gasteiger partial charge in [0.1, 0.15) is 0 Å². The summed E-state index contributed by atoms with van der Waals surface area (Å²) in [5, 5.41) is 3.21. The fraction of sp³-hybridized carbons (Fsp3) is 0.308. The number of nitrogens with two attached hydrogens (primary N) is 1. The lowest BCUT2D eigenvalue weighted by atomic mass is 10.0. The highest BCUT2D eigenvalue weighted by molar-refractivity contribution is 6.64. The molecule has 5 nitrogen and oxygen atoms in total. The van der Waals surface area contributed by atoms with Gasteiger partial charge in [-0.3, -0.25) is 4.79 Å². The third-order valence-electron chi connectivity index (χ3n) is 2.35. The molecule has 0 amide bonds. The summed E-state index contributed by atoms with van der Waals surface area (Å²) >= 11 is 0. The Hall–Kier alpha value is -2.17. The predicted molar refractivity (Wildman–Crippen MR) is 68.1 cm³/mol. The van der Waals surface area contributed by atoms with Crippen LogP contribution in [-0.4, -0.2) is 24.1 Å². The van der Waals surface area contributed by atoms with Gasteiger partial charge >= 0.3 is 5.97 Å². The number of rotatable bonds is 5. The molecule has 0 saturated carbocycles. The predicted octanol–water partition coefficient (Wildman–Crippen LogP) is 0.984. The van der Waals surface area contributed by atoms with Gasteiger partial charge in [0.25, 0.3) is 0 Å². The van der Waals surface area contributed by atoms with Crippen molar-refractivity contribution in [2.45, 2.75) is 20.3 Å². The van der Waals surface area contributed by atoms with Gasteiger partial charge in [-0.1, -0.05) is 29.8 Å². The molecule has 0 unspecified atom stereocenters. The van der Waals surface area contributed by atoms with Crippen molar-refractivity contribution in [3.8, 4) is 0 Å². The minimum absolute atomic E-state index is 0.0785. The molecule has 2 N–H and O–H groups in total. The van der Waals surface area contributed by atoms with Gasteiger partial charge in [0.15, 0.2) is 5.78 Å². The first-order chi connectivity index (χ1) is 8.58. The van der Waals surface area contributed by atoms with Crippen molar-refractivity contribution in [2.24, 2.45) is 10.9 Å². The van der Waals surface area contributed by atoms with Crippen LogP contribution in [0.3, 0.4) is 0 Å². The molecule has 0 bridgehead atoms. The highest BCUT2D eigenvalue weighted by Crippen LogP contribution is 2.05. The summed E-state index contributed by atoms with van der Waals surface area (Å²) in [5.41, 5.74) is 1.55. The maximum atomic E-state index is 11.8. The Bertz CT molecular complexity index is 464. The van der Waals surface area contributed by atoms with Crippen molar-refractivity contribution in [1.82, 2.24) is 0 Å². The highest BCUT2D eigenvalue weighted by atomic mass is 16.5. The molecule has 0 fully saturated rings. The first-order valence-electron chi connectivity index (χ1n) is 5.62. The molecule has 0 saturated heterocycles. The Balaban J connectivity index is 2.75. The van der Waals surface area contributed by atoms with Crippen molar-refractivity contribution < 1.29 is 14.3 Å². The Morgan fingerprint density at radius 2 is 1.89 bits per heavy atom. The average Bonchev–Trinajstić information content (AvgIpc) is 2.33. The quantitative estimate of drug-likeness (QED) is 0.277. The zero-order valence-electron chi connectivity index (χ0n) is 10.5. The van der Waals surface area contributed by atoms with Crippen LogP contribution >= 0.6 is 0 Å². The minimum Gasteiger partial charge on any atom is -0.461 e. The van der Waals surface area contributed by atoms with E-state index in [2.05, 4.69) is 5.10 Å². The van der Waals surface area contributed by atoms with Crippen LogP contribution in [0.15, 0.2) is 29.4 Å². The molecule has 1 aromatic carbocycles. The van der Waals surface area contributed by atoms with Crippen LogP contribution in [0, 0.1) is 6.92 Å². The molecule has 18 heavy (non-hydrogen) atoms. The van der Waals surface area contributed by atoms with E-state index in [4.69, 9.17) is 10.6 Å². The summed E-state index contributed by atoms with van der Waals surface area (Å²) in [6.45, 7) is 3.78. The maximum absolute atomic E-state index is 11.8. The molecule has 96 valence electrons. The third-order valence-corrected chi connectivity index (χ3v) is 2.35. The van der Waals surface area contributed by atoms with Crippen LogP contribution in [0.25, 0.3) is 0 Å². The maximum Gasteiger partial charge on any atom is 0.362 e. The zero-order chi connectivity index (χ0) is 13.5. The number of esters is 1. The SMILES string of the molecule is CCOC(=O)/C(=N/N)C(=O)Cc1ccc(C)cc1. The van der Waals surface area contributed by atoms with Gasteiger partial charge in [0.05, 0.1) is 6.61 Å². The smallest absolute Gasteiger partial charge is 0.362 e. The van der Waals surface area contributed by atoms with Gasteiger partial charge in [-0.05, 0) is 19.4 Å². The molecule has 1 aromatic rings. The number of hydrogen-bond acceptors (Lipinski definition) is 5. The standard InChI is InChI=1S/C13H16N2O3/c1-3-18-13(17)12(15-14)11(16)8-10-6-4-9(2)5-7-10/h4-7H,3,8,14H2,1-2H3/b15-12+. The number of ketones is 1. The van der Waals surface area contributed by atoms with Crippen molar-refractivity contribution in [1.29, 1.82) is 0 Å². The fourth-order valence-corrected chi connectivity index (χ4v) is 1.41. The minimum atomic E-state index is -0.780. The number of benzene rings is 1. The molecule has 0 aliphatic rings. The van der Waals surface area contributed by atoms with Crippen LogP contribution in [0.2, 0.25) is 0 Å². The average molecular weight is 248 g/mol. The van der Waals surface area contributed by atoms with E-state index >= 15 is 0 Å². The van der Waals surface area contributed by atoms with E-state index in [1.807, 2.05) is 31.2 Å². The van der Waals surface area contributed by atoms with E-state index in [9.17, 15) is 9.59 Å². The Kier molecular flexibility index (Phi) is 5.05. The monoisotopic (exact) mass is 248 g/mol. The molecule has 0 aromatic heterocycles. The number of nitrogens with zero attached hydrogens (tertiary/aromatic N) is 1. The second-order valence-electron chi connectivity index (χ2n) is 3.78. The molecule has 5 heteroatoms. The van der Waals surface area contributed by atoms with Gasteiger partial charge in [-0.2, -0.15) is 5.10 Å². The van der Waals surface area contributed by atoms with Crippen molar-refractivity contribution in [2.75, 3.05) is 6.61 Å². The van der Waals surface area contributed by atoms with E-state index in [0.29, 0.717) is 0 Å². The van der Waals surface area contributed by atoms with Gasteiger partial charge in [-0.25, -0.2) is 4.79 Å². The summed E-state index contributed by atoms with van der Waals surface area (Å²) in [7, 11) is 0. The number of carbonyl (C=O) groups is 2. The number of ether oxygens (including phenoxy) is 1. The van der Waals surface area contributed by atoms with Crippen LogP contribution < -0.4 is 5.84 Å². The molecule has 0 atom stereocenters. The molecular weight excluding hydrogens is 232 g/mol. The molecular formula is C13H16N2O3. The summed E-state index contributed by atoms with van der Waals surface area (Å²) in [4.78, 5) is 23.2. The van der Waals surface area contributed by atoms with E-state index in [-0.39, 0.29) is 18.7 Å². The number of aryl methyl sites for hydroxylation is 1. The van der Waals surface area contributed by atoms with E-state index in [1.165, 1.54) is 0 Å². The molecule has 1 rings (SSSR count). The van der Waals surface area contributed by atoms with Crippen molar-refractivity contribution in [3.63, 3.8) is 0 Å². The summed E-state index contributed by atoms with van der Waals surface area (Å²) in [5.74, 6) is 3.82. The van der Waals surface area contributed by atoms with Gasteiger partial charge in [-0.15, -0.1) is 0 Å².